The maximum absolute atomic E-state index is 5.69. The lowest BCUT2D eigenvalue weighted by molar-refractivity contribution is 0.122. The van der Waals surface area contributed by atoms with Crippen molar-refractivity contribution in [3.05, 3.63) is 18.1 Å². The number of halogens is 1. The van der Waals surface area contributed by atoms with Crippen molar-refractivity contribution in [2.24, 2.45) is 0 Å². The Morgan fingerprint density at radius 1 is 1.36 bits per heavy atom. The van der Waals surface area contributed by atoms with Gasteiger partial charge in [0.05, 0.1) is 31.0 Å². The van der Waals surface area contributed by atoms with E-state index in [1.807, 2.05) is 0 Å². The van der Waals surface area contributed by atoms with E-state index in [4.69, 9.17) is 16.3 Å². The van der Waals surface area contributed by atoms with Gasteiger partial charge in [0.15, 0.2) is 0 Å². The molecule has 1 aromatic rings. The Bertz CT molecular complexity index is 302. The summed E-state index contributed by atoms with van der Waals surface area (Å²) in [6.07, 6.45) is 3.46. The van der Waals surface area contributed by atoms with E-state index in [1.165, 1.54) is 0 Å². The summed E-state index contributed by atoms with van der Waals surface area (Å²) in [6.45, 7) is 3.26. The molecule has 0 spiro atoms. The van der Waals surface area contributed by atoms with Gasteiger partial charge in [-0.2, -0.15) is 0 Å². The Morgan fingerprint density at radius 2 is 2.14 bits per heavy atom. The zero-order chi connectivity index (χ0) is 9.80. The molecule has 2 heterocycles. The van der Waals surface area contributed by atoms with E-state index in [0.717, 1.165) is 37.8 Å². The third-order valence-corrected chi connectivity index (χ3v) is 2.42. The molecule has 0 saturated carbocycles. The normalized spacial score (nSPS) is 17.1. The maximum atomic E-state index is 5.69. The molecule has 0 aromatic carbocycles. The predicted octanol–water partition coefficient (Wildman–Crippen LogP) is 1.05. The first-order chi connectivity index (χ1) is 6.90. The SMILES string of the molecule is ClCc1cncc(N2CCOCC2)n1. The van der Waals surface area contributed by atoms with Gasteiger partial charge in [-0.05, 0) is 0 Å². The van der Waals surface area contributed by atoms with Crippen molar-refractivity contribution in [1.29, 1.82) is 0 Å². The number of anilines is 1. The first-order valence-electron chi connectivity index (χ1n) is 4.60. The summed E-state index contributed by atoms with van der Waals surface area (Å²) in [5.41, 5.74) is 0.815. The van der Waals surface area contributed by atoms with E-state index < -0.39 is 0 Å². The van der Waals surface area contributed by atoms with Crippen molar-refractivity contribution < 1.29 is 4.74 Å². The van der Waals surface area contributed by atoms with Gasteiger partial charge in [0.1, 0.15) is 5.82 Å². The molecule has 0 radical (unpaired) electrons. The monoisotopic (exact) mass is 213 g/mol. The van der Waals surface area contributed by atoms with Crippen LogP contribution in [0.1, 0.15) is 5.69 Å². The largest absolute Gasteiger partial charge is 0.378 e. The van der Waals surface area contributed by atoms with Gasteiger partial charge in [0, 0.05) is 19.3 Å². The lowest BCUT2D eigenvalue weighted by atomic mass is 10.4. The summed E-state index contributed by atoms with van der Waals surface area (Å²) in [7, 11) is 0. The van der Waals surface area contributed by atoms with Gasteiger partial charge in [-0.3, -0.25) is 4.98 Å². The summed E-state index contributed by atoms with van der Waals surface area (Å²) in [5.74, 6) is 1.30. The molecule has 14 heavy (non-hydrogen) atoms. The van der Waals surface area contributed by atoms with E-state index in [0.29, 0.717) is 5.88 Å². The minimum absolute atomic E-state index is 0.408. The van der Waals surface area contributed by atoms with E-state index in [1.54, 1.807) is 12.4 Å². The second-order valence-electron chi connectivity index (χ2n) is 3.10. The van der Waals surface area contributed by atoms with Crippen LogP contribution in [0.3, 0.4) is 0 Å². The highest BCUT2D eigenvalue weighted by atomic mass is 35.5. The minimum Gasteiger partial charge on any atom is -0.378 e. The first kappa shape index (κ1) is 9.68. The Labute approximate surface area is 87.9 Å². The average molecular weight is 214 g/mol. The highest BCUT2D eigenvalue weighted by Crippen LogP contribution is 2.12. The number of nitrogens with zero attached hydrogens (tertiary/aromatic N) is 3. The Morgan fingerprint density at radius 3 is 2.86 bits per heavy atom. The predicted molar refractivity (Wildman–Crippen MR) is 54.6 cm³/mol. The van der Waals surface area contributed by atoms with Crippen LogP contribution in [0.5, 0.6) is 0 Å². The fourth-order valence-corrected chi connectivity index (χ4v) is 1.53. The molecule has 2 rings (SSSR count). The number of aromatic nitrogens is 2. The zero-order valence-electron chi connectivity index (χ0n) is 7.82. The average Bonchev–Trinajstić information content (AvgIpc) is 2.30. The topological polar surface area (TPSA) is 38.2 Å². The highest BCUT2D eigenvalue weighted by molar-refractivity contribution is 6.16. The Kier molecular flexibility index (Phi) is 3.16. The molecule has 5 heteroatoms. The van der Waals surface area contributed by atoms with E-state index in [2.05, 4.69) is 14.9 Å². The molecule has 0 amide bonds. The summed E-state index contributed by atoms with van der Waals surface area (Å²) in [5, 5.41) is 0. The van der Waals surface area contributed by atoms with Crippen molar-refractivity contribution in [1.82, 2.24) is 9.97 Å². The second kappa shape index (κ2) is 4.57. The smallest absolute Gasteiger partial charge is 0.147 e. The molecule has 1 saturated heterocycles. The van der Waals surface area contributed by atoms with Crippen LogP contribution in [-0.4, -0.2) is 36.3 Å². The summed E-state index contributed by atoms with van der Waals surface area (Å²) >= 11 is 5.69. The maximum Gasteiger partial charge on any atom is 0.147 e. The summed E-state index contributed by atoms with van der Waals surface area (Å²) in [6, 6.07) is 0. The fourth-order valence-electron chi connectivity index (χ4n) is 1.40. The van der Waals surface area contributed by atoms with Gasteiger partial charge < -0.3 is 9.64 Å². The van der Waals surface area contributed by atoms with Gasteiger partial charge >= 0.3 is 0 Å². The van der Waals surface area contributed by atoms with Crippen molar-refractivity contribution in [3.63, 3.8) is 0 Å². The molecule has 76 valence electrons. The minimum atomic E-state index is 0.408. The zero-order valence-corrected chi connectivity index (χ0v) is 8.57. The molecule has 0 bridgehead atoms. The molecule has 4 nitrogen and oxygen atoms in total. The number of ether oxygens (including phenoxy) is 1. The van der Waals surface area contributed by atoms with Crippen LogP contribution in [0.25, 0.3) is 0 Å². The fraction of sp³-hybridized carbons (Fsp3) is 0.556. The van der Waals surface area contributed by atoms with Crippen LogP contribution in [0.4, 0.5) is 5.82 Å². The third kappa shape index (κ3) is 2.13. The van der Waals surface area contributed by atoms with Gasteiger partial charge in [-0.1, -0.05) is 0 Å². The van der Waals surface area contributed by atoms with Crippen LogP contribution in [-0.2, 0) is 10.6 Å². The second-order valence-corrected chi connectivity index (χ2v) is 3.37. The van der Waals surface area contributed by atoms with E-state index in [-0.39, 0.29) is 0 Å². The molecule has 0 N–H and O–H groups in total. The molecule has 0 unspecified atom stereocenters. The Balaban J connectivity index is 2.13. The lowest BCUT2D eigenvalue weighted by Gasteiger charge is -2.27. The van der Waals surface area contributed by atoms with Crippen LogP contribution in [0, 0.1) is 0 Å². The molecule has 1 aliphatic heterocycles. The molecule has 1 fully saturated rings. The van der Waals surface area contributed by atoms with E-state index in [9.17, 15) is 0 Å². The van der Waals surface area contributed by atoms with Crippen LogP contribution >= 0.6 is 11.6 Å². The lowest BCUT2D eigenvalue weighted by Crippen LogP contribution is -2.36. The molecular formula is C9H12ClN3O. The molecule has 0 aliphatic carbocycles. The quantitative estimate of drug-likeness (QED) is 0.689. The standard InChI is InChI=1S/C9H12ClN3O/c10-5-8-6-11-7-9(12-8)13-1-3-14-4-2-13/h6-7H,1-5H2. The van der Waals surface area contributed by atoms with Crippen molar-refractivity contribution in [2.45, 2.75) is 5.88 Å². The van der Waals surface area contributed by atoms with Gasteiger partial charge in [0.2, 0.25) is 0 Å². The van der Waals surface area contributed by atoms with Gasteiger partial charge in [0.25, 0.3) is 0 Å². The molecule has 0 atom stereocenters. The van der Waals surface area contributed by atoms with Gasteiger partial charge in [-0.25, -0.2) is 4.98 Å². The summed E-state index contributed by atoms with van der Waals surface area (Å²) in [4.78, 5) is 10.7. The van der Waals surface area contributed by atoms with Crippen LogP contribution in [0.2, 0.25) is 0 Å². The third-order valence-electron chi connectivity index (χ3n) is 2.14. The summed E-state index contributed by atoms with van der Waals surface area (Å²) < 4.78 is 5.26. The number of rotatable bonds is 2. The number of alkyl halides is 1. The van der Waals surface area contributed by atoms with Crippen molar-refractivity contribution in [3.8, 4) is 0 Å². The van der Waals surface area contributed by atoms with Crippen LogP contribution < -0.4 is 4.90 Å². The van der Waals surface area contributed by atoms with Crippen molar-refractivity contribution in [2.75, 3.05) is 31.2 Å². The van der Waals surface area contributed by atoms with Crippen molar-refractivity contribution >= 4 is 17.4 Å². The molecule has 1 aromatic heterocycles. The van der Waals surface area contributed by atoms with E-state index >= 15 is 0 Å². The number of hydrogen-bond donors (Lipinski definition) is 0. The van der Waals surface area contributed by atoms with Gasteiger partial charge in [-0.15, -0.1) is 11.6 Å². The number of morpholine rings is 1. The Hall–Kier alpha value is -0.870. The van der Waals surface area contributed by atoms with Crippen LogP contribution in [0.15, 0.2) is 12.4 Å². The first-order valence-corrected chi connectivity index (χ1v) is 5.13. The highest BCUT2D eigenvalue weighted by Gasteiger charge is 2.12. The molecule has 1 aliphatic rings. The number of hydrogen-bond acceptors (Lipinski definition) is 4. The molecular weight excluding hydrogens is 202 g/mol.